The van der Waals surface area contributed by atoms with E-state index in [4.69, 9.17) is 11.2 Å². The molecule has 3 N–H and O–H groups in total. The SMILES string of the molecule is C#Cc1ccccc1C(C(=O)NC1CCCCC1)N(C(=O)C(Cc1ccc(O)cc1)NC(=O)OC(C)(C)C)C(C)(C)C. The Balaban J connectivity index is 2.10. The van der Waals surface area contributed by atoms with Gasteiger partial charge in [0.05, 0.1) is 0 Å². The minimum Gasteiger partial charge on any atom is -0.508 e. The summed E-state index contributed by atoms with van der Waals surface area (Å²) in [5, 5.41) is 15.7. The number of alkyl carbamates (subject to hydrolysis) is 1. The number of benzene rings is 2. The smallest absolute Gasteiger partial charge is 0.408 e. The fraction of sp³-hybridized carbons (Fsp3) is 0.500. The van der Waals surface area contributed by atoms with E-state index in [9.17, 15) is 19.5 Å². The summed E-state index contributed by atoms with van der Waals surface area (Å²) in [5.41, 5.74) is 0.128. The molecule has 3 rings (SSSR count). The summed E-state index contributed by atoms with van der Waals surface area (Å²) in [5.74, 6) is 1.99. The number of phenolic OH excluding ortho intramolecular Hbond substituents is 1. The molecule has 1 fully saturated rings. The van der Waals surface area contributed by atoms with Gasteiger partial charge in [0.15, 0.2) is 0 Å². The number of ether oxygens (including phenoxy) is 1. The van der Waals surface area contributed by atoms with Crippen molar-refractivity contribution in [1.82, 2.24) is 15.5 Å². The van der Waals surface area contributed by atoms with E-state index in [0.29, 0.717) is 16.7 Å². The van der Waals surface area contributed by atoms with E-state index in [1.165, 1.54) is 17.0 Å². The predicted octanol–water partition coefficient (Wildman–Crippen LogP) is 5.63. The number of terminal acetylenes is 1. The predicted molar refractivity (Wildman–Crippen MR) is 164 cm³/mol. The largest absolute Gasteiger partial charge is 0.508 e. The molecule has 0 spiro atoms. The van der Waals surface area contributed by atoms with E-state index in [-0.39, 0.29) is 24.1 Å². The van der Waals surface area contributed by atoms with Gasteiger partial charge in [-0.05, 0) is 83.7 Å². The first-order valence-corrected chi connectivity index (χ1v) is 14.7. The maximum Gasteiger partial charge on any atom is 0.408 e. The standard InChI is InChI=1S/C34H45N3O5/c1-8-24-14-12-13-17-27(24)29(30(39)35-25-15-10-9-11-16-25)37(33(2,3)4)31(40)28(36-32(41)42-34(5,6)7)22-23-18-20-26(38)21-19-23/h1,12-14,17-21,25,28-29,38H,9-11,15-16,22H2,2-7H3,(H,35,39)(H,36,41). The number of carbonyl (C=O) groups excluding carboxylic acids is 3. The van der Waals surface area contributed by atoms with Gasteiger partial charge < -0.3 is 25.4 Å². The van der Waals surface area contributed by atoms with E-state index in [0.717, 1.165) is 32.1 Å². The molecular weight excluding hydrogens is 530 g/mol. The Morgan fingerprint density at radius 1 is 1.00 bits per heavy atom. The topological polar surface area (TPSA) is 108 Å². The van der Waals surface area contributed by atoms with Crippen LogP contribution in [-0.4, -0.2) is 51.1 Å². The molecule has 0 aliphatic heterocycles. The summed E-state index contributed by atoms with van der Waals surface area (Å²) < 4.78 is 5.50. The van der Waals surface area contributed by atoms with Crippen molar-refractivity contribution >= 4 is 17.9 Å². The lowest BCUT2D eigenvalue weighted by atomic mass is 9.90. The second-order valence-electron chi connectivity index (χ2n) is 12.9. The third-order valence-electron chi connectivity index (χ3n) is 7.19. The molecule has 8 nitrogen and oxygen atoms in total. The van der Waals surface area contributed by atoms with Gasteiger partial charge in [-0.25, -0.2) is 4.79 Å². The fourth-order valence-corrected chi connectivity index (χ4v) is 5.32. The van der Waals surface area contributed by atoms with Crippen LogP contribution in [0.5, 0.6) is 5.75 Å². The summed E-state index contributed by atoms with van der Waals surface area (Å²) >= 11 is 0. The van der Waals surface area contributed by atoms with Gasteiger partial charge in [-0.2, -0.15) is 0 Å². The first-order chi connectivity index (χ1) is 19.7. The highest BCUT2D eigenvalue weighted by Crippen LogP contribution is 2.33. The van der Waals surface area contributed by atoms with Crippen LogP contribution in [0.25, 0.3) is 0 Å². The molecule has 0 heterocycles. The second kappa shape index (κ2) is 13.8. The Labute approximate surface area is 250 Å². The molecule has 2 aromatic carbocycles. The Morgan fingerprint density at radius 3 is 2.19 bits per heavy atom. The number of hydrogen-bond acceptors (Lipinski definition) is 5. The quantitative estimate of drug-likeness (QED) is 0.354. The molecule has 1 aliphatic carbocycles. The van der Waals surface area contributed by atoms with Crippen molar-refractivity contribution in [3.05, 3.63) is 65.2 Å². The van der Waals surface area contributed by atoms with Crippen molar-refractivity contribution in [2.45, 2.75) is 109 Å². The minimum absolute atomic E-state index is 0.0105. The molecule has 1 aliphatic rings. The fourth-order valence-electron chi connectivity index (χ4n) is 5.32. The van der Waals surface area contributed by atoms with Gasteiger partial charge in [-0.1, -0.05) is 55.5 Å². The number of aromatic hydroxyl groups is 1. The zero-order valence-electron chi connectivity index (χ0n) is 25.7. The first-order valence-electron chi connectivity index (χ1n) is 14.7. The molecule has 1 saturated carbocycles. The summed E-state index contributed by atoms with van der Waals surface area (Å²) in [6.45, 7) is 10.8. The lowest BCUT2D eigenvalue weighted by Crippen LogP contribution is -2.59. The molecule has 3 amide bonds. The second-order valence-corrected chi connectivity index (χ2v) is 12.9. The van der Waals surface area contributed by atoms with E-state index in [1.807, 2.05) is 20.8 Å². The van der Waals surface area contributed by atoms with Gasteiger partial charge in [0.1, 0.15) is 23.4 Å². The first kappa shape index (κ1) is 32.5. The van der Waals surface area contributed by atoms with Crippen LogP contribution in [0.15, 0.2) is 48.5 Å². The van der Waals surface area contributed by atoms with Gasteiger partial charge in [-0.3, -0.25) is 9.59 Å². The molecule has 42 heavy (non-hydrogen) atoms. The average Bonchev–Trinajstić information content (AvgIpc) is 2.91. The van der Waals surface area contributed by atoms with Crippen LogP contribution in [0.2, 0.25) is 0 Å². The Bertz CT molecular complexity index is 1280. The molecule has 0 aromatic heterocycles. The Morgan fingerprint density at radius 2 is 1.62 bits per heavy atom. The number of phenols is 1. The van der Waals surface area contributed by atoms with Crippen molar-refractivity contribution in [2.75, 3.05) is 0 Å². The van der Waals surface area contributed by atoms with Crippen LogP contribution < -0.4 is 10.6 Å². The number of hydrogen-bond donors (Lipinski definition) is 3. The molecule has 2 atom stereocenters. The summed E-state index contributed by atoms with van der Waals surface area (Å²) in [4.78, 5) is 43.3. The Kier molecular flexibility index (Phi) is 10.7. The van der Waals surface area contributed by atoms with Gasteiger partial charge in [0, 0.05) is 23.6 Å². The van der Waals surface area contributed by atoms with Gasteiger partial charge >= 0.3 is 6.09 Å². The van der Waals surface area contributed by atoms with Crippen LogP contribution in [0.4, 0.5) is 4.79 Å². The lowest BCUT2D eigenvalue weighted by Gasteiger charge is -2.43. The van der Waals surface area contributed by atoms with Crippen LogP contribution in [0.1, 0.15) is 96.4 Å². The maximum atomic E-state index is 14.6. The summed E-state index contributed by atoms with van der Waals surface area (Å²) in [7, 11) is 0. The van der Waals surface area contributed by atoms with Crippen molar-refractivity contribution in [3.63, 3.8) is 0 Å². The molecule has 0 saturated heterocycles. The molecule has 0 radical (unpaired) electrons. The zero-order valence-corrected chi connectivity index (χ0v) is 25.7. The number of rotatable bonds is 8. The summed E-state index contributed by atoms with van der Waals surface area (Å²) in [6, 6.07) is 11.5. The highest BCUT2D eigenvalue weighted by atomic mass is 16.6. The van der Waals surface area contributed by atoms with Crippen LogP contribution in [0, 0.1) is 12.3 Å². The van der Waals surface area contributed by atoms with E-state index in [2.05, 4.69) is 16.6 Å². The molecule has 0 bridgehead atoms. The van der Waals surface area contributed by atoms with E-state index in [1.54, 1.807) is 57.2 Å². The maximum absolute atomic E-state index is 14.6. The number of amides is 3. The van der Waals surface area contributed by atoms with Gasteiger partial charge in [-0.15, -0.1) is 6.42 Å². The van der Waals surface area contributed by atoms with Crippen molar-refractivity contribution in [1.29, 1.82) is 0 Å². The molecule has 2 aromatic rings. The van der Waals surface area contributed by atoms with E-state index >= 15 is 0 Å². The summed E-state index contributed by atoms with van der Waals surface area (Å²) in [6.07, 6.45) is 10.2. The van der Waals surface area contributed by atoms with Gasteiger partial charge in [0.2, 0.25) is 11.8 Å². The third kappa shape index (κ3) is 9.01. The lowest BCUT2D eigenvalue weighted by molar-refractivity contribution is -0.148. The number of nitrogens with one attached hydrogen (secondary N) is 2. The average molecular weight is 576 g/mol. The molecule has 2 unspecified atom stereocenters. The van der Waals surface area contributed by atoms with Crippen molar-refractivity contribution < 1.29 is 24.2 Å². The highest BCUT2D eigenvalue weighted by Gasteiger charge is 2.43. The minimum atomic E-state index is -1.08. The van der Waals surface area contributed by atoms with Crippen LogP contribution in [-0.2, 0) is 20.7 Å². The van der Waals surface area contributed by atoms with Crippen LogP contribution in [0.3, 0.4) is 0 Å². The zero-order chi connectivity index (χ0) is 31.1. The van der Waals surface area contributed by atoms with Crippen molar-refractivity contribution in [3.8, 4) is 18.1 Å². The normalized spacial score (nSPS) is 15.5. The third-order valence-corrected chi connectivity index (χ3v) is 7.19. The van der Waals surface area contributed by atoms with Crippen LogP contribution >= 0.6 is 0 Å². The van der Waals surface area contributed by atoms with Crippen molar-refractivity contribution in [2.24, 2.45) is 0 Å². The number of nitrogens with zero attached hydrogens (tertiary/aromatic N) is 1. The van der Waals surface area contributed by atoms with E-state index < -0.39 is 35.2 Å². The number of carbonyl (C=O) groups is 3. The highest BCUT2D eigenvalue weighted by molar-refractivity contribution is 5.93. The molecular formula is C34H45N3O5. The molecule has 226 valence electrons. The van der Waals surface area contributed by atoms with Gasteiger partial charge in [0.25, 0.3) is 0 Å². The molecule has 8 heteroatoms. The Hall–Kier alpha value is -3.99. The monoisotopic (exact) mass is 575 g/mol.